The zero-order valence-corrected chi connectivity index (χ0v) is 24.4. The number of hydrogen-bond donors (Lipinski definition) is 3. The average Bonchev–Trinajstić information content (AvgIpc) is 3.46. The van der Waals surface area contributed by atoms with Crippen LogP contribution in [-0.4, -0.2) is 79.0 Å². The molecule has 42 heavy (non-hydrogen) atoms. The van der Waals surface area contributed by atoms with E-state index < -0.39 is 45.5 Å². The van der Waals surface area contributed by atoms with Crippen LogP contribution >= 0.6 is 0 Å². The molecule has 0 aliphatic carbocycles. The summed E-state index contributed by atoms with van der Waals surface area (Å²) in [5.74, 6) is -0.774. The van der Waals surface area contributed by atoms with Crippen LogP contribution in [-0.2, 0) is 32.5 Å². The number of aromatic nitrogens is 2. The fourth-order valence-electron chi connectivity index (χ4n) is 4.36. The minimum atomic E-state index is -4.83. The van der Waals surface area contributed by atoms with Crippen LogP contribution in [0.15, 0.2) is 23.1 Å². The topological polar surface area (TPSA) is 161 Å². The van der Waals surface area contributed by atoms with Gasteiger partial charge in [-0.3, -0.25) is 19.1 Å². The van der Waals surface area contributed by atoms with Gasteiger partial charge >= 0.3 is 12.3 Å². The summed E-state index contributed by atoms with van der Waals surface area (Å²) in [6.07, 6.45) is -6.06. The van der Waals surface area contributed by atoms with Crippen molar-refractivity contribution in [1.29, 1.82) is 0 Å². The summed E-state index contributed by atoms with van der Waals surface area (Å²) in [6, 6.07) is 3.84. The highest BCUT2D eigenvalue weighted by molar-refractivity contribution is 7.93. The molecule has 0 saturated heterocycles. The zero-order valence-electron chi connectivity index (χ0n) is 23.5. The number of carbonyl (C=O) groups is 2. The number of sulfonamides is 1. The largest absolute Gasteiger partial charge is 0.484 e. The summed E-state index contributed by atoms with van der Waals surface area (Å²) in [4.78, 5) is 24.4. The van der Waals surface area contributed by atoms with Crippen LogP contribution in [0.25, 0.3) is 0 Å². The Morgan fingerprint density at radius 1 is 1.21 bits per heavy atom. The van der Waals surface area contributed by atoms with Gasteiger partial charge < -0.3 is 24.6 Å². The number of alkyl halides is 3. The van der Waals surface area contributed by atoms with Crippen LogP contribution < -0.4 is 24.4 Å². The fraction of sp³-hybridized carbons (Fsp3) is 0.560. The number of aryl methyl sites for hydroxylation is 1. The van der Waals surface area contributed by atoms with Crippen molar-refractivity contribution in [2.24, 2.45) is 0 Å². The first-order valence-electron chi connectivity index (χ1n) is 12.9. The SMILES string of the molecule is COc1nn2c(c1S(=O)(=O)N1CC(CNC(=O)C(C)(C)O)Oc3ccc(NC(=O)OC(C)(C)C(F)(F)F)cc31)CCC2. The lowest BCUT2D eigenvalue weighted by Gasteiger charge is -2.36. The lowest BCUT2D eigenvalue weighted by Crippen LogP contribution is -2.51. The van der Waals surface area contributed by atoms with Gasteiger partial charge in [0.2, 0.25) is 5.60 Å². The number of anilines is 2. The molecule has 17 heteroatoms. The number of nitrogens with one attached hydrogen (secondary N) is 2. The Hall–Kier alpha value is -3.73. The number of amides is 2. The molecule has 1 atom stereocenters. The minimum Gasteiger partial charge on any atom is -0.484 e. The predicted octanol–water partition coefficient (Wildman–Crippen LogP) is 2.57. The molecule has 13 nitrogen and oxygen atoms in total. The standard InChI is InChI=1S/C25H32F3N5O8S/c1-23(2,36)21(34)29-12-15-13-33(42(37,38)19-16-7-6-10-32(16)31-20(19)39-5)17-11-14(8-9-18(17)40-15)30-22(35)41-24(3,4)25(26,27)28/h8-9,11,15,36H,6-7,10,12-13H2,1-5H3,(H,29,34)(H,30,35). The fourth-order valence-corrected chi connectivity index (χ4v) is 6.20. The van der Waals surface area contributed by atoms with Crippen LogP contribution in [0.1, 0.15) is 39.8 Å². The van der Waals surface area contributed by atoms with Crippen molar-refractivity contribution in [2.75, 3.05) is 29.8 Å². The number of methoxy groups -OCH3 is 1. The molecule has 0 bridgehead atoms. The van der Waals surface area contributed by atoms with Crippen molar-refractivity contribution in [3.05, 3.63) is 23.9 Å². The molecule has 2 amide bonds. The number of ether oxygens (including phenoxy) is 3. The maximum Gasteiger partial charge on any atom is 0.427 e. The highest BCUT2D eigenvalue weighted by Crippen LogP contribution is 2.42. The number of hydrogen-bond acceptors (Lipinski definition) is 9. The molecule has 1 aromatic heterocycles. The number of benzene rings is 1. The van der Waals surface area contributed by atoms with Crippen LogP contribution in [0, 0.1) is 0 Å². The third-order valence-corrected chi connectivity index (χ3v) is 8.57. The van der Waals surface area contributed by atoms with E-state index in [1.165, 1.54) is 39.2 Å². The molecule has 3 heterocycles. The molecule has 4 rings (SSSR count). The van der Waals surface area contributed by atoms with Crippen molar-refractivity contribution < 1.29 is 50.5 Å². The maximum absolute atomic E-state index is 14.2. The Morgan fingerprint density at radius 2 is 1.90 bits per heavy atom. The first-order valence-corrected chi connectivity index (χ1v) is 14.3. The monoisotopic (exact) mass is 619 g/mol. The van der Waals surface area contributed by atoms with Gasteiger partial charge in [0.25, 0.3) is 21.8 Å². The molecular weight excluding hydrogens is 587 g/mol. The minimum absolute atomic E-state index is 0.0343. The third kappa shape index (κ3) is 6.06. The summed E-state index contributed by atoms with van der Waals surface area (Å²) in [6.45, 7) is 3.97. The summed E-state index contributed by atoms with van der Waals surface area (Å²) >= 11 is 0. The molecule has 1 unspecified atom stereocenters. The number of fused-ring (bicyclic) bond motifs is 2. The summed E-state index contributed by atoms with van der Waals surface area (Å²) in [7, 11) is -3.12. The van der Waals surface area contributed by atoms with Crippen molar-refractivity contribution >= 4 is 33.4 Å². The normalized spacial score (nSPS) is 17.2. The molecule has 0 radical (unpaired) electrons. The molecule has 1 aromatic carbocycles. The lowest BCUT2D eigenvalue weighted by atomic mass is 10.1. The second-order valence-corrected chi connectivity index (χ2v) is 12.7. The van der Waals surface area contributed by atoms with Crippen LogP contribution in [0.5, 0.6) is 11.6 Å². The molecule has 0 saturated carbocycles. The quantitative estimate of drug-likeness (QED) is 0.403. The Morgan fingerprint density at radius 3 is 2.52 bits per heavy atom. The van der Waals surface area contributed by atoms with Crippen LogP contribution in [0.4, 0.5) is 29.3 Å². The summed E-state index contributed by atoms with van der Waals surface area (Å²) < 4.78 is 86.3. The van der Waals surface area contributed by atoms with E-state index in [4.69, 9.17) is 9.47 Å². The number of nitrogens with zero attached hydrogens (tertiary/aromatic N) is 3. The van der Waals surface area contributed by atoms with E-state index in [0.717, 1.165) is 4.31 Å². The smallest absolute Gasteiger partial charge is 0.427 e. The van der Waals surface area contributed by atoms with Gasteiger partial charge in [0.05, 0.1) is 31.6 Å². The van der Waals surface area contributed by atoms with Crippen molar-refractivity contribution in [3.63, 3.8) is 0 Å². The van der Waals surface area contributed by atoms with E-state index in [9.17, 15) is 36.3 Å². The molecule has 0 fully saturated rings. The number of rotatable bonds is 8. The average molecular weight is 620 g/mol. The van der Waals surface area contributed by atoms with E-state index in [1.54, 1.807) is 4.68 Å². The number of carbonyl (C=O) groups excluding carboxylic acids is 2. The van der Waals surface area contributed by atoms with Gasteiger partial charge in [-0.2, -0.15) is 13.2 Å². The first-order chi connectivity index (χ1) is 19.3. The molecule has 0 spiro atoms. The van der Waals surface area contributed by atoms with E-state index in [2.05, 4.69) is 20.5 Å². The third-order valence-electron chi connectivity index (χ3n) is 6.72. The van der Waals surface area contributed by atoms with Gasteiger partial charge in [0, 0.05) is 12.2 Å². The molecule has 2 aliphatic rings. The Balaban J connectivity index is 1.70. The Bertz CT molecular complexity index is 1480. The Labute approximate surface area is 239 Å². The molecule has 2 aliphatic heterocycles. The van der Waals surface area contributed by atoms with E-state index in [1.807, 2.05) is 0 Å². The van der Waals surface area contributed by atoms with Crippen LogP contribution in [0.2, 0.25) is 0 Å². The highest BCUT2D eigenvalue weighted by atomic mass is 32.2. The van der Waals surface area contributed by atoms with E-state index in [0.29, 0.717) is 38.9 Å². The molecule has 2 aromatic rings. The lowest BCUT2D eigenvalue weighted by molar-refractivity contribution is -0.242. The highest BCUT2D eigenvalue weighted by Gasteiger charge is 2.51. The Kier molecular flexibility index (Phi) is 8.05. The molecule has 3 N–H and O–H groups in total. The second-order valence-electron chi connectivity index (χ2n) is 10.9. The van der Waals surface area contributed by atoms with Gasteiger partial charge in [-0.25, -0.2) is 13.2 Å². The van der Waals surface area contributed by atoms with Crippen molar-refractivity contribution in [2.45, 2.75) is 75.5 Å². The van der Waals surface area contributed by atoms with Crippen molar-refractivity contribution in [1.82, 2.24) is 15.1 Å². The predicted molar refractivity (Wildman–Crippen MR) is 142 cm³/mol. The number of aliphatic hydroxyl groups is 1. The second kappa shape index (κ2) is 10.8. The summed E-state index contributed by atoms with van der Waals surface area (Å²) in [5.41, 5.74) is -4.14. The van der Waals surface area contributed by atoms with E-state index >= 15 is 0 Å². The summed E-state index contributed by atoms with van der Waals surface area (Å²) in [5, 5.41) is 18.9. The van der Waals surface area contributed by atoms with Gasteiger partial charge in [0.1, 0.15) is 17.5 Å². The van der Waals surface area contributed by atoms with E-state index in [-0.39, 0.29) is 41.0 Å². The van der Waals surface area contributed by atoms with Crippen molar-refractivity contribution in [3.8, 4) is 11.6 Å². The first kappa shape index (κ1) is 31.2. The zero-order chi connectivity index (χ0) is 31.3. The van der Waals surface area contributed by atoms with Gasteiger partial charge in [0.15, 0.2) is 4.90 Å². The molecular formula is C25H32F3N5O8S. The van der Waals surface area contributed by atoms with Gasteiger partial charge in [-0.15, -0.1) is 5.10 Å². The van der Waals surface area contributed by atoms with Gasteiger partial charge in [-0.1, -0.05) is 0 Å². The van der Waals surface area contributed by atoms with Crippen LogP contribution in [0.3, 0.4) is 0 Å². The number of halogens is 3. The van der Waals surface area contributed by atoms with Gasteiger partial charge in [-0.05, 0) is 58.7 Å². The maximum atomic E-state index is 14.2. The molecule has 232 valence electrons.